The highest BCUT2D eigenvalue weighted by Gasteiger charge is 2.23. The average Bonchev–Trinajstić information content (AvgIpc) is 2.92. The molecule has 0 spiro atoms. The number of aryl methyl sites for hydroxylation is 3. The maximum atomic E-state index is 6.04. The lowest BCUT2D eigenvalue weighted by molar-refractivity contribution is 0.206. The fourth-order valence-electron chi connectivity index (χ4n) is 4.51. The maximum absolute atomic E-state index is 6.04. The topological polar surface area (TPSA) is 30.3 Å². The zero-order chi connectivity index (χ0) is 20.9. The number of rotatable bonds is 7. The zero-order valence-electron chi connectivity index (χ0n) is 18.7. The highest BCUT2D eigenvalue weighted by Crippen LogP contribution is 2.27. The molecule has 0 N–H and O–H groups in total. The Labute approximate surface area is 180 Å². The van der Waals surface area contributed by atoms with Crippen LogP contribution in [0.1, 0.15) is 62.0 Å². The Morgan fingerprint density at radius 1 is 0.967 bits per heavy atom. The predicted octanol–water partition coefficient (Wildman–Crippen LogP) is 6.06. The molecule has 0 amide bonds. The molecule has 0 aliphatic carbocycles. The molecule has 4 rings (SSSR count). The standard InChI is InChI=1S/C26H35N3O/c1-20-13-14-23(19-21(20)2)30-18-10-17-29-25-12-7-6-11-24(25)27-26(29)22(3)28-15-8-4-5-9-16-28/h6-7,11-14,19,22H,4-5,8-10,15-18H2,1-3H3. The fourth-order valence-corrected chi connectivity index (χ4v) is 4.51. The van der Waals surface area contributed by atoms with Crippen molar-refractivity contribution in [1.82, 2.24) is 14.5 Å². The molecule has 2 heterocycles. The Balaban J connectivity index is 1.47. The lowest BCUT2D eigenvalue weighted by Crippen LogP contribution is -2.30. The van der Waals surface area contributed by atoms with E-state index in [0.717, 1.165) is 24.2 Å². The Morgan fingerprint density at radius 3 is 2.50 bits per heavy atom. The summed E-state index contributed by atoms with van der Waals surface area (Å²) in [5.74, 6) is 2.16. The van der Waals surface area contributed by atoms with Gasteiger partial charge in [0.15, 0.2) is 0 Å². The quantitative estimate of drug-likeness (QED) is 0.448. The van der Waals surface area contributed by atoms with Crippen molar-refractivity contribution in [2.45, 2.75) is 65.5 Å². The summed E-state index contributed by atoms with van der Waals surface area (Å²) in [4.78, 5) is 7.68. The van der Waals surface area contributed by atoms with E-state index >= 15 is 0 Å². The first-order chi connectivity index (χ1) is 14.6. The van der Waals surface area contributed by atoms with Crippen LogP contribution >= 0.6 is 0 Å². The van der Waals surface area contributed by atoms with E-state index in [1.807, 2.05) is 0 Å². The Bertz CT molecular complexity index is 970. The third-order valence-corrected chi connectivity index (χ3v) is 6.52. The van der Waals surface area contributed by atoms with E-state index in [2.05, 4.69) is 72.7 Å². The minimum absolute atomic E-state index is 0.344. The molecule has 1 atom stereocenters. The van der Waals surface area contributed by atoms with Crippen LogP contribution in [0.2, 0.25) is 0 Å². The number of ether oxygens (including phenoxy) is 1. The van der Waals surface area contributed by atoms with E-state index in [1.54, 1.807) is 0 Å². The van der Waals surface area contributed by atoms with Gasteiger partial charge < -0.3 is 9.30 Å². The van der Waals surface area contributed by atoms with Crippen molar-refractivity contribution in [3.63, 3.8) is 0 Å². The van der Waals surface area contributed by atoms with Crippen molar-refractivity contribution >= 4 is 11.0 Å². The van der Waals surface area contributed by atoms with Gasteiger partial charge in [-0.3, -0.25) is 4.90 Å². The van der Waals surface area contributed by atoms with Gasteiger partial charge in [-0.25, -0.2) is 4.98 Å². The van der Waals surface area contributed by atoms with Crippen molar-refractivity contribution in [3.05, 3.63) is 59.4 Å². The molecule has 1 aliphatic heterocycles. The molecule has 4 nitrogen and oxygen atoms in total. The Hall–Kier alpha value is -2.33. The third-order valence-electron chi connectivity index (χ3n) is 6.52. The molecule has 1 fully saturated rings. The van der Waals surface area contributed by atoms with E-state index in [9.17, 15) is 0 Å². The molecule has 3 aromatic rings. The molecule has 1 unspecified atom stereocenters. The lowest BCUT2D eigenvalue weighted by atomic mass is 10.1. The van der Waals surface area contributed by atoms with Gasteiger partial charge >= 0.3 is 0 Å². The van der Waals surface area contributed by atoms with Crippen molar-refractivity contribution in [1.29, 1.82) is 0 Å². The number of nitrogens with zero attached hydrogens (tertiary/aromatic N) is 3. The minimum Gasteiger partial charge on any atom is -0.494 e. The van der Waals surface area contributed by atoms with Crippen molar-refractivity contribution in [2.24, 2.45) is 0 Å². The Kier molecular flexibility index (Phi) is 6.73. The van der Waals surface area contributed by atoms with Gasteiger partial charge in [0, 0.05) is 6.54 Å². The van der Waals surface area contributed by atoms with Crippen LogP contribution in [-0.4, -0.2) is 34.1 Å². The van der Waals surface area contributed by atoms with Crippen LogP contribution in [0, 0.1) is 13.8 Å². The van der Waals surface area contributed by atoms with Crippen LogP contribution in [0.25, 0.3) is 11.0 Å². The number of hydrogen-bond donors (Lipinski definition) is 0. The number of benzene rings is 2. The first kappa shape index (κ1) is 20.9. The van der Waals surface area contributed by atoms with Crippen LogP contribution in [0.15, 0.2) is 42.5 Å². The maximum Gasteiger partial charge on any atom is 0.127 e. The highest BCUT2D eigenvalue weighted by atomic mass is 16.5. The highest BCUT2D eigenvalue weighted by molar-refractivity contribution is 5.76. The summed E-state index contributed by atoms with van der Waals surface area (Å²) in [6.07, 6.45) is 6.28. The van der Waals surface area contributed by atoms with E-state index in [-0.39, 0.29) is 0 Å². The van der Waals surface area contributed by atoms with Gasteiger partial charge in [0.1, 0.15) is 11.6 Å². The second-order valence-electron chi connectivity index (χ2n) is 8.68. The van der Waals surface area contributed by atoms with Gasteiger partial charge in [-0.15, -0.1) is 0 Å². The number of aromatic nitrogens is 2. The number of imidazole rings is 1. The molecule has 30 heavy (non-hydrogen) atoms. The van der Waals surface area contributed by atoms with E-state index in [0.29, 0.717) is 12.6 Å². The van der Waals surface area contributed by atoms with Gasteiger partial charge in [0.25, 0.3) is 0 Å². The third kappa shape index (κ3) is 4.70. The van der Waals surface area contributed by atoms with Gasteiger partial charge in [-0.05, 0) is 88.5 Å². The van der Waals surface area contributed by atoms with Crippen LogP contribution in [0.4, 0.5) is 0 Å². The molecular formula is C26H35N3O. The summed E-state index contributed by atoms with van der Waals surface area (Å²) < 4.78 is 8.47. The van der Waals surface area contributed by atoms with Gasteiger partial charge in [-0.2, -0.15) is 0 Å². The predicted molar refractivity (Wildman–Crippen MR) is 124 cm³/mol. The average molecular weight is 406 g/mol. The van der Waals surface area contributed by atoms with Crippen LogP contribution < -0.4 is 4.74 Å². The molecule has 0 radical (unpaired) electrons. The van der Waals surface area contributed by atoms with Crippen LogP contribution in [-0.2, 0) is 6.54 Å². The summed E-state index contributed by atoms with van der Waals surface area (Å²) in [6.45, 7) is 10.6. The number of likely N-dealkylation sites (tertiary alicyclic amines) is 1. The van der Waals surface area contributed by atoms with E-state index in [1.165, 1.54) is 61.2 Å². The summed E-state index contributed by atoms with van der Waals surface area (Å²) in [6, 6.07) is 15.2. The summed E-state index contributed by atoms with van der Waals surface area (Å²) in [7, 11) is 0. The van der Waals surface area contributed by atoms with Crippen LogP contribution in [0.5, 0.6) is 5.75 Å². The first-order valence-corrected chi connectivity index (χ1v) is 11.5. The second-order valence-corrected chi connectivity index (χ2v) is 8.68. The van der Waals surface area contributed by atoms with Gasteiger partial charge in [0.2, 0.25) is 0 Å². The molecule has 0 saturated carbocycles. The number of fused-ring (bicyclic) bond motifs is 1. The van der Waals surface area contributed by atoms with E-state index in [4.69, 9.17) is 9.72 Å². The zero-order valence-corrected chi connectivity index (χ0v) is 18.7. The molecule has 1 aromatic heterocycles. The molecule has 1 aliphatic rings. The summed E-state index contributed by atoms with van der Waals surface area (Å²) in [5, 5.41) is 0. The smallest absolute Gasteiger partial charge is 0.127 e. The molecule has 0 bridgehead atoms. The monoisotopic (exact) mass is 405 g/mol. The Morgan fingerprint density at radius 2 is 1.73 bits per heavy atom. The summed E-state index contributed by atoms with van der Waals surface area (Å²) in [5.41, 5.74) is 4.92. The van der Waals surface area contributed by atoms with Crippen molar-refractivity contribution in [2.75, 3.05) is 19.7 Å². The first-order valence-electron chi connectivity index (χ1n) is 11.5. The molecule has 4 heteroatoms. The second kappa shape index (κ2) is 9.65. The van der Waals surface area contributed by atoms with Crippen LogP contribution in [0.3, 0.4) is 0 Å². The summed E-state index contributed by atoms with van der Waals surface area (Å²) >= 11 is 0. The molecular weight excluding hydrogens is 370 g/mol. The minimum atomic E-state index is 0.344. The number of para-hydroxylation sites is 2. The van der Waals surface area contributed by atoms with Gasteiger partial charge in [-0.1, -0.05) is 31.0 Å². The lowest BCUT2D eigenvalue weighted by Gasteiger charge is -2.27. The molecule has 1 saturated heterocycles. The number of hydrogen-bond acceptors (Lipinski definition) is 3. The van der Waals surface area contributed by atoms with Crippen molar-refractivity contribution in [3.8, 4) is 5.75 Å². The largest absolute Gasteiger partial charge is 0.494 e. The van der Waals surface area contributed by atoms with E-state index < -0.39 is 0 Å². The van der Waals surface area contributed by atoms with Crippen molar-refractivity contribution < 1.29 is 4.74 Å². The van der Waals surface area contributed by atoms with Gasteiger partial charge in [0.05, 0.1) is 23.7 Å². The fraction of sp³-hybridized carbons (Fsp3) is 0.500. The normalized spacial score (nSPS) is 16.5. The SMILES string of the molecule is Cc1ccc(OCCCn2c(C(C)N3CCCCCC3)nc3ccccc32)cc1C. The molecule has 2 aromatic carbocycles. The molecule has 160 valence electrons.